The summed E-state index contributed by atoms with van der Waals surface area (Å²) in [7, 11) is 0. The fourth-order valence-corrected chi connectivity index (χ4v) is 2.19. The summed E-state index contributed by atoms with van der Waals surface area (Å²) in [5.74, 6) is 0.709. The van der Waals surface area contributed by atoms with E-state index in [0.29, 0.717) is 10.9 Å². The Labute approximate surface area is 131 Å². The maximum absolute atomic E-state index is 5.17. The van der Waals surface area contributed by atoms with Crippen molar-refractivity contribution in [3.63, 3.8) is 0 Å². The number of nitrogens with zero attached hydrogens (tertiary/aromatic N) is 2. The average molecular weight is 349 g/mol. The number of hydrogen-bond donors (Lipinski definition) is 1. The molecule has 3 rings (SSSR count). The second-order valence-electron chi connectivity index (χ2n) is 3.80. The van der Waals surface area contributed by atoms with Gasteiger partial charge in [0.1, 0.15) is 5.76 Å². The molecule has 0 unspecified atom stereocenters. The fraction of sp³-hybridized carbons (Fsp3) is 0. The third-order valence-corrected chi connectivity index (χ3v) is 3.25. The number of amidine groups is 1. The summed E-state index contributed by atoms with van der Waals surface area (Å²) >= 11 is 1.47. The molecule has 1 aliphatic rings. The third-order valence-electron chi connectivity index (χ3n) is 2.48. The van der Waals surface area contributed by atoms with Crippen LogP contribution < -0.4 is 22.4 Å². The molecule has 0 saturated heterocycles. The topological polar surface area (TPSA) is 49.9 Å². The van der Waals surface area contributed by atoms with Gasteiger partial charge in [0, 0.05) is 11.0 Å². The first-order valence-corrected chi connectivity index (χ1v) is 6.63. The van der Waals surface area contributed by atoms with Gasteiger partial charge in [-0.2, -0.15) is 0 Å². The van der Waals surface area contributed by atoms with Gasteiger partial charge in [-0.1, -0.05) is 42.1 Å². The van der Waals surface area contributed by atoms with Crippen molar-refractivity contribution in [3.8, 4) is 0 Å². The minimum Gasteiger partial charge on any atom is -1.00 e. The lowest BCUT2D eigenvalue weighted by molar-refractivity contribution is -0.00000412. The summed E-state index contributed by atoms with van der Waals surface area (Å²) in [4.78, 5) is 4.24. The first-order valence-electron chi connectivity index (χ1n) is 5.75. The molecule has 1 N–H and O–H groups in total. The number of hydrazone groups is 1. The number of nitrogens with one attached hydrogen (secondary N) is 1. The van der Waals surface area contributed by atoms with Crippen molar-refractivity contribution < 1.29 is 21.4 Å². The van der Waals surface area contributed by atoms with Crippen LogP contribution >= 0.6 is 11.8 Å². The first kappa shape index (κ1) is 14.6. The van der Waals surface area contributed by atoms with Crippen molar-refractivity contribution in [1.82, 2.24) is 5.43 Å². The molecule has 0 fully saturated rings. The van der Waals surface area contributed by atoms with Gasteiger partial charge in [0.2, 0.25) is 5.17 Å². The quantitative estimate of drug-likeness (QED) is 0.794. The highest BCUT2D eigenvalue weighted by atomic mass is 79.9. The van der Waals surface area contributed by atoms with Crippen LogP contribution in [0.2, 0.25) is 0 Å². The van der Waals surface area contributed by atoms with Gasteiger partial charge < -0.3 is 21.4 Å². The maximum Gasteiger partial charge on any atom is 0.211 e. The molecule has 6 heteroatoms. The second-order valence-corrected chi connectivity index (χ2v) is 4.63. The summed E-state index contributed by atoms with van der Waals surface area (Å²) < 4.78 is 5.17. The standard InChI is InChI=1S/C14H11N3OS.BrH/c1-2-5-11(6-3-1)13-10-19-14(17-16-13)15-9-12-7-4-8-18-12;/h1-10,16H;1H/p-1/b15-9+;. The van der Waals surface area contributed by atoms with E-state index >= 15 is 0 Å². The van der Waals surface area contributed by atoms with E-state index in [0.717, 1.165) is 11.3 Å². The molecule has 0 amide bonds. The molecule has 102 valence electrons. The molecule has 0 radical (unpaired) electrons. The van der Waals surface area contributed by atoms with Gasteiger partial charge in [0.25, 0.3) is 0 Å². The van der Waals surface area contributed by atoms with Gasteiger partial charge in [-0.15, -0.1) is 5.10 Å². The fourth-order valence-electron chi connectivity index (χ4n) is 1.57. The molecule has 1 aromatic carbocycles. The van der Waals surface area contributed by atoms with Crippen molar-refractivity contribution in [3.05, 3.63) is 65.5 Å². The van der Waals surface area contributed by atoms with Crippen LogP contribution in [0.15, 0.2) is 68.6 Å². The number of furan rings is 1. The van der Waals surface area contributed by atoms with E-state index < -0.39 is 0 Å². The highest BCUT2D eigenvalue weighted by Gasteiger charge is 2.07. The van der Waals surface area contributed by atoms with E-state index in [2.05, 4.69) is 15.5 Å². The van der Waals surface area contributed by atoms with E-state index in [1.54, 1.807) is 12.5 Å². The molecule has 1 aromatic heterocycles. The van der Waals surface area contributed by atoms with Crippen molar-refractivity contribution in [2.75, 3.05) is 0 Å². The van der Waals surface area contributed by atoms with Crippen LogP contribution in [0.4, 0.5) is 0 Å². The number of rotatable bonds is 2. The summed E-state index contributed by atoms with van der Waals surface area (Å²) in [6.07, 6.45) is 3.26. The predicted octanol–water partition coefficient (Wildman–Crippen LogP) is 0.309. The van der Waals surface area contributed by atoms with Crippen molar-refractivity contribution >= 4 is 28.8 Å². The van der Waals surface area contributed by atoms with Gasteiger partial charge in [-0.3, -0.25) is 5.43 Å². The van der Waals surface area contributed by atoms with Gasteiger partial charge in [-0.05, 0) is 12.1 Å². The molecule has 4 nitrogen and oxygen atoms in total. The van der Waals surface area contributed by atoms with Crippen molar-refractivity contribution in [2.45, 2.75) is 0 Å². The Morgan fingerprint density at radius 3 is 2.65 bits per heavy atom. The number of thioether (sulfide) groups is 1. The molecule has 2 aromatic rings. The Morgan fingerprint density at radius 1 is 1.15 bits per heavy atom. The average Bonchev–Trinajstić information content (AvgIpc) is 3.00. The zero-order valence-electron chi connectivity index (χ0n) is 10.4. The predicted molar refractivity (Wildman–Crippen MR) is 78.9 cm³/mol. The second kappa shape index (κ2) is 7.12. The molecule has 0 spiro atoms. The van der Waals surface area contributed by atoms with Crippen molar-refractivity contribution in [1.29, 1.82) is 0 Å². The molecule has 2 heterocycles. The van der Waals surface area contributed by atoms with Crippen LogP contribution in [0, 0.1) is 0 Å². The van der Waals surface area contributed by atoms with Crippen molar-refractivity contribution in [2.24, 2.45) is 10.1 Å². The monoisotopic (exact) mass is 348 g/mol. The minimum atomic E-state index is 0. The zero-order valence-corrected chi connectivity index (χ0v) is 12.8. The summed E-state index contributed by atoms with van der Waals surface area (Å²) in [5.41, 5.74) is 5.08. The summed E-state index contributed by atoms with van der Waals surface area (Å²) in [6, 6.07) is 13.7. The SMILES string of the molecule is C1=C(c2ccccc2)NN=C(/N=C/c2ccco2)S1.[Br-]. The normalized spacial score (nSPS) is 14.2. The minimum absolute atomic E-state index is 0. The highest BCUT2D eigenvalue weighted by Crippen LogP contribution is 2.21. The molecule has 0 saturated carbocycles. The Hall–Kier alpha value is -1.79. The van der Waals surface area contributed by atoms with Crippen LogP contribution in [0.5, 0.6) is 0 Å². The van der Waals surface area contributed by atoms with E-state index in [-0.39, 0.29) is 17.0 Å². The summed E-state index contributed by atoms with van der Waals surface area (Å²) in [6.45, 7) is 0. The van der Waals surface area contributed by atoms with Gasteiger partial charge >= 0.3 is 0 Å². The zero-order chi connectivity index (χ0) is 12.9. The molecule has 0 aliphatic carbocycles. The lowest BCUT2D eigenvalue weighted by atomic mass is 10.2. The van der Waals surface area contributed by atoms with E-state index in [1.807, 2.05) is 47.9 Å². The number of aliphatic imine (C=N–C) groups is 1. The lowest BCUT2D eigenvalue weighted by Gasteiger charge is -2.11. The number of benzene rings is 1. The lowest BCUT2D eigenvalue weighted by Crippen LogP contribution is -3.00. The van der Waals surface area contributed by atoms with Crippen LogP contribution in [-0.2, 0) is 0 Å². The smallest absolute Gasteiger partial charge is 0.211 e. The molecular formula is C14H11BrN3OS-. The van der Waals surface area contributed by atoms with E-state index in [9.17, 15) is 0 Å². The molecular weight excluding hydrogens is 338 g/mol. The molecule has 0 bridgehead atoms. The van der Waals surface area contributed by atoms with Gasteiger partial charge in [0.05, 0.1) is 18.2 Å². The Kier molecular flexibility index (Phi) is 5.20. The highest BCUT2D eigenvalue weighted by molar-refractivity contribution is 8.16. The van der Waals surface area contributed by atoms with Crippen LogP contribution in [0.1, 0.15) is 11.3 Å². The van der Waals surface area contributed by atoms with E-state index in [4.69, 9.17) is 4.42 Å². The molecule has 0 atom stereocenters. The Morgan fingerprint density at radius 2 is 2.00 bits per heavy atom. The van der Waals surface area contributed by atoms with Crippen LogP contribution in [-0.4, -0.2) is 11.4 Å². The Bertz CT molecular complexity index is 636. The number of halogens is 1. The van der Waals surface area contributed by atoms with Crippen LogP contribution in [0.3, 0.4) is 0 Å². The number of hydrogen-bond acceptors (Lipinski definition) is 5. The Balaban J connectivity index is 0.00000147. The third kappa shape index (κ3) is 3.61. The van der Waals surface area contributed by atoms with E-state index in [1.165, 1.54) is 11.8 Å². The summed E-state index contributed by atoms with van der Waals surface area (Å²) in [5, 5.41) is 6.85. The maximum atomic E-state index is 5.17. The first-order chi connectivity index (χ1) is 9.42. The van der Waals surface area contributed by atoms with Gasteiger partial charge in [0.15, 0.2) is 0 Å². The molecule has 1 aliphatic heterocycles. The van der Waals surface area contributed by atoms with Gasteiger partial charge in [-0.25, -0.2) is 4.99 Å². The largest absolute Gasteiger partial charge is 1.00 e. The van der Waals surface area contributed by atoms with Crippen LogP contribution in [0.25, 0.3) is 5.70 Å². The molecule has 20 heavy (non-hydrogen) atoms.